The summed E-state index contributed by atoms with van der Waals surface area (Å²) in [7, 11) is 0. The molecule has 0 spiro atoms. The molecule has 1 fully saturated rings. The molecular weight excluding hydrogens is 419 g/mol. The van der Waals surface area contributed by atoms with Gasteiger partial charge in [0.25, 0.3) is 17.1 Å². The van der Waals surface area contributed by atoms with Crippen LogP contribution in [-0.4, -0.2) is 35.0 Å². The Bertz CT molecular complexity index is 974. The lowest BCUT2D eigenvalue weighted by atomic mass is 10.1. The van der Waals surface area contributed by atoms with Crippen LogP contribution in [0.1, 0.15) is 21.5 Å². The number of nitrogens with zero attached hydrogens (tertiary/aromatic N) is 1. The van der Waals surface area contributed by atoms with Gasteiger partial charge >= 0.3 is 0 Å². The Labute approximate surface area is 176 Å². The molecule has 0 aromatic heterocycles. The van der Waals surface area contributed by atoms with Gasteiger partial charge in [0.1, 0.15) is 0 Å². The number of aryl methyl sites for hydroxylation is 1. The number of rotatable bonds is 5. The van der Waals surface area contributed by atoms with E-state index in [0.29, 0.717) is 9.93 Å². The Morgan fingerprint density at radius 3 is 2.57 bits per heavy atom. The maximum Gasteiger partial charge on any atom is 0.293 e. The predicted molar refractivity (Wildman–Crippen MR) is 113 cm³/mol. The zero-order chi connectivity index (χ0) is 20.3. The second-order valence-corrected chi connectivity index (χ2v) is 7.96. The molecule has 1 heterocycles. The highest BCUT2D eigenvalue weighted by atomic mass is 35.5. The first-order chi connectivity index (χ1) is 13.3. The number of benzene rings is 2. The molecule has 1 aliphatic rings. The van der Waals surface area contributed by atoms with Crippen LogP contribution in [0.2, 0.25) is 10.0 Å². The first-order valence-electron chi connectivity index (χ1n) is 8.40. The van der Waals surface area contributed by atoms with Crippen molar-refractivity contribution in [1.29, 1.82) is 0 Å². The van der Waals surface area contributed by atoms with Crippen LogP contribution in [0.4, 0.5) is 4.79 Å². The summed E-state index contributed by atoms with van der Waals surface area (Å²) in [6, 6.07) is 12.2. The van der Waals surface area contributed by atoms with Crippen molar-refractivity contribution in [3.63, 3.8) is 0 Å². The summed E-state index contributed by atoms with van der Waals surface area (Å²) in [5, 5.41) is 2.95. The van der Waals surface area contributed by atoms with Gasteiger partial charge in [0.15, 0.2) is 0 Å². The van der Waals surface area contributed by atoms with Crippen LogP contribution in [0, 0.1) is 6.92 Å². The summed E-state index contributed by atoms with van der Waals surface area (Å²) < 4.78 is 0. The average molecular weight is 435 g/mol. The Morgan fingerprint density at radius 1 is 1.14 bits per heavy atom. The summed E-state index contributed by atoms with van der Waals surface area (Å²) in [5.41, 5.74) is 2.20. The highest BCUT2D eigenvalue weighted by molar-refractivity contribution is 8.18. The van der Waals surface area contributed by atoms with Crippen LogP contribution < -0.4 is 5.32 Å². The molecular formula is C20H16Cl2N2O3S. The molecule has 0 saturated carbocycles. The fourth-order valence-corrected chi connectivity index (χ4v) is 3.80. The molecule has 8 heteroatoms. The Hall–Kier alpha value is -2.28. The molecule has 1 aliphatic heterocycles. The van der Waals surface area contributed by atoms with E-state index < -0.39 is 5.91 Å². The molecule has 5 nitrogen and oxygen atoms in total. The predicted octanol–water partition coefficient (Wildman–Crippen LogP) is 4.77. The van der Waals surface area contributed by atoms with Crippen molar-refractivity contribution < 1.29 is 14.4 Å². The quantitative estimate of drug-likeness (QED) is 0.688. The lowest BCUT2D eigenvalue weighted by molar-refractivity contribution is -0.122. The summed E-state index contributed by atoms with van der Waals surface area (Å²) in [6.45, 7) is 2.15. The zero-order valence-electron chi connectivity index (χ0n) is 14.9. The topological polar surface area (TPSA) is 66.5 Å². The molecule has 0 unspecified atom stereocenters. The third kappa shape index (κ3) is 4.76. The number of carbonyl (C=O) groups is 3. The highest BCUT2D eigenvalue weighted by Crippen LogP contribution is 2.32. The Kier molecular flexibility index (Phi) is 6.44. The summed E-state index contributed by atoms with van der Waals surface area (Å²) in [4.78, 5) is 38.4. The third-order valence-corrected chi connectivity index (χ3v) is 5.51. The number of hydrogen-bond donors (Lipinski definition) is 1. The van der Waals surface area contributed by atoms with E-state index in [9.17, 15) is 14.4 Å². The first-order valence-corrected chi connectivity index (χ1v) is 9.97. The number of thioether (sulfide) groups is 1. The van der Waals surface area contributed by atoms with Crippen molar-refractivity contribution >= 4 is 58.1 Å². The van der Waals surface area contributed by atoms with Gasteiger partial charge < -0.3 is 5.32 Å². The maximum atomic E-state index is 12.5. The standard InChI is InChI=1S/C20H16Cl2N2O3S/c1-12-2-4-13(5-3-12)10-17-19(26)24(20(27)28-17)9-8-23-18(25)15-11-14(21)6-7-16(15)22/h2-7,10-11H,8-9H2,1H3,(H,23,25)/b17-10-. The van der Waals surface area contributed by atoms with Crippen molar-refractivity contribution in [2.75, 3.05) is 13.1 Å². The Morgan fingerprint density at radius 2 is 1.86 bits per heavy atom. The van der Waals surface area contributed by atoms with E-state index >= 15 is 0 Å². The van der Waals surface area contributed by atoms with Gasteiger partial charge in [-0.15, -0.1) is 0 Å². The van der Waals surface area contributed by atoms with Gasteiger partial charge in [-0.2, -0.15) is 0 Å². The molecule has 0 atom stereocenters. The van der Waals surface area contributed by atoms with Crippen molar-refractivity contribution in [2.45, 2.75) is 6.92 Å². The summed E-state index contributed by atoms with van der Waals surface area (Å²) >= 11 is 12.8. The second-order valence-electron chi connectivity index (χ2n) is 6.12. The zero-order valence-corrected chi connectivity index (χ0v) is 17.2. The van der Waals surface area contributed by atoms with Crippen molar-refractivity contribution in [3.05, 3.63) is 74.1 Å². The van der Waals surface area contributed by atoms with E-state index in [1.165, 1.54) is 12.1 Å². The summed E-state index contributed by atoms with van der Waals surface area (Å²) in [5.74, 6) is -0.791. The first kappa shape index (κ1) is 20.5. The molecule has 2 aromatic carbocycles. The van der Waals surface area contributed by atoms with Crippen molar-refractivity contribution in [1.82, 2.24) is 10.2 Å². The molecule has 0 bridgehead atoms. The van der Waals surface area contributed by atoms with Crippen molar-refractivity contribution in [2.24, 2.45) is 0 Å². The molecule has 0 aliphatic carbocycles. The van der Waals surface area contributed by atoms with Gasteiger partial charge in [-0.25, -0.2) is 0 Å². The van der Waals surface area contributed by atoms with Gasteiger partial charge in [0.2, 0.25) is 0 Å². The largest absolute Gasteiger partial charge is 0.350 e. The van der Waals surface area contributed by atoms with Crippen LogP contribution in [0.25, 0.3) is 6.08 Å². The van der Waals surface area contributed by atoms with Crippen LogP contribution in [0.3, 0.4) is 0 Å². The van der Waals surface area contributed by atoms with E-state index in [2.05, 4.69) is 5.32 Å². The van der Waals surface area contributed by atoms with Gasteiger partial charge in [0, 0.05) is 18.1 Å². The number of imide groups is 1. The van der Waals surface area contributed by atoms with E-state index in [0.717, 1.165) is 27.8 Å². The normalized spacial score (nSPS) is 15.4. The van der Waals surface area contributed by atoms with Crippen LogP contribution in [0.5, 0.6) is 0 Å². The van der Waals surface area contributed by atoms with E-state index in [-0.39, 0.29) is 34.8 Å². The second kappa shape index (κ2) is 8.82. The smallest absolute Gasteiger partial charge is 0.293 e. The molecule has 0 radical (unpaired) electrons. The monoisotopic (exact) mass is 434 g/mol. The third-order valence-electron chi connectivity index (χ3n) is 4.04. The van der Waals surface area contributed by atoms with Crippen LogP contribution in [0.15, 0.2) is 47.4 Å². The van der Waals surface area contributed by atoms with Crippen LogP contribution in [-0.2, 0) is 4.79 Å². The van der Waals surface area contributed by atoms with E-state index in [1.54, 1.807) is 12.1 Å². The summed E-state index contributed by atoms with van der Waals surface area (Å²) in [6.07, 6.45) is 1.69. The number of halogens is 2. The minimum atomic E-state index is -0.422. The highest BCUT2D eigenvalue weighted by Gasteiger charge is 2.34. The van der Waals surface area contributed by atoms with Crippen LogP contribution >= 0.6 is 35.0 Å². The molecule has 2 aromatic rings. The molecule has 1 N–H and O–H groups in total. The molecule has 3 amide bonds. The fourth-order valence-electron chi connectivity index (χ4n) is 2.55. The molecule has 1 saturated heterocycles. The number of amides is 3. The van der Waals surface area contributed by atoms with Gasteiger partial charge in [-0.3, -0.25) is 19.3 Å². The molecule has 3 rings (SSSR count). The SMILES string of the molecule is Cc1ccc(/C=C2\SC(=O)N(CCNC(=O)c3cc(Cl)ccc3Cl)C2=O)cc1. The van der Waals surface area contributed by atoms with E-state index in [1.807, 2.05) is 31.2 Å². The van der Waals surface area contributed by atoms with Crippen molar-refractivity contribution in [3.8, 4) is 0 Å². The minimum absolute atomic E-state index is 0.0693. The minimum Gasteiger partial charge on any atom is -0.350 e. The lowest BCUT2D eigenvalue weighted by Gasteiger charge is -2.13. The number of hydrogen-bond acceptors (Lipinski definition) is 4. The van der Waals surface area contributed by atoms with E-state index in [4.69, 9.17) is 23.2 Å². The fraction of sp³-hybridized carbons (Fsp3) is 0.150. The number of carbonyl (C=O) groups excluding carboxylic acids is 3. The van der Waals surface area contributed by atoms with Gasteiger partial charge in [-0.1, -0.05) is 53.0 Å². The maximum absolute atomic E-state index is 12.5. The Balaban J connectivity index is 1.61. The number of nitrogens with one attached hydrogen (secondary N) is 1. The molecule has 144 valence electrons. The lowest BCUT2D eigenvalue weighted by Crippen LogP contribution is -2.37. The molecule has 28 heavy (non-hydrogen) atoms. The van der Waals surface area contributed by atoms with Gasteiger partial charge in [-0.05, 0) is 48.5 Å². The van der Waals surface area contributed by atoms with Gasteiger partial charge in [0.05, 0.1) is 15.5 Å². The average Bonchev–Trinajstić information content (AvgIpc) is 2.92.